The van der Waals surface area contributed by atoms with Crippen molar-refractivity contribution in [1.82, 2.24) is 25.5 Å². The van der Waals surface area contributed by atoms with E-state index in [1.807, 2.05) is 12.1 Å². The van der Waals surface area contributed by atoms with Crippen LogP contribution in [0.5, 0.6) is 5.75 Å². The third kappa shape index (κ3) is 3.60. The van der Waals surface area contributed by atoms with Crippen molar-refractivity contribution in [1.29, 1.82) is 0 Å². The largest absolute Gasteiger partial charge is 0.489 e. The molecule has 2 aliphatic rings. The summed E-state index contributed by atoms with van der Waals surface area (Å²) in [6.45, 7) is 0.654. The van der Waals surface area contributed by atoms with Crippen LogP contribution >= 0.6 is 11.6 Å². The van der Waals surface area contributed by atoms with Crippen LogP contribution in [0.2, 0.25) is 5.02 Å². The fraction of sp³-hybridized carbons (Fsp3) is 0.529. The van der Waals surface area contributed by atoms with E-state index >= 15 is 0 Å². The van der Waals surface area contributed by atoms with Crippen molar-refractivity contribution in [2.75, 3.05) is 11.9 Å². The van der Waals surface area contributed by atoms with Gasteiger partial charge in [0, 0.05) is 12.2 Å². The van der Waals surface area contributed by atoms with Crippen molar-refractivity contribution in [2.45, 2.75) is 50.7 Å². The zero-order valence-electron chi connectivity index (χ0n) is 14.3. The molecule has 1 aliphatic carbocycles. The fourth-order valence-corrected chi connectivity index (χ4v) is 3.87. The van der Waals surface area contributed by atoms with Crippen molar-refractivity contribution < 1.29 is 9.53 Å². The number of H-pyrrole nitrogens is 1. The van der Waals surface area contributed by atoms with Gasteiger partial charge in [0.15, 0.2) is 5.82 Å². The van der Waals surface area contributed by atoms with E-state index in [-0.39, 0.29) is 18.2 Å². The quantitative estimate of drug-likeness (QED) is 0.850. The Bertz CT molecular complexity index is 763. The van der Waals surface area contributed by atoms with E-state index in [1.165, 1.54) is 12.8 Å². The van der Waals surface area contributed by atoms with Gasteiger partial charge in [0.2, 0.25) is 0 Å². The minimum Gasteiger partial charge on any atom is -0.489 e. The molecule has 1 saturated heterocycles. The van der Waals surface area contributed by atoms with Gasteiger partial charge < -0.3 is 15.0 Å². The van der Waals surface area contributed by atoms with Gasteiger partial charge in [0.25, 0.3) is 0 Å². The predicted octanol–water partition coefficient (Wildman–Crippen LogP) is 3.54. The number of amides is 2. The monoisotopic (exact) mass is 376 g/mol. The van der Waals surface area contributed by atoms with Gasteiger partial charge >= 0.3 is 6.03 Å². The zero-order valence-corrected chi connectivity index (χ0v) is 15.1. The number of likely N-dealkylation sites (tertiary alicyclic amines) is 1. The number of benzene rings is 1. The second-order valence-corrected chi connectivity index (χ2v) is 7.13. The van der Waals surface area contributed by atoms with Crippen LogP contribution in [0.3, 0.4) is 0 Å². The molecule has 1 aromatic carbocycles. The highest BCUT2D eigenvalue weighted by molar-refractivity contribution is 6.32. The predicted molar refractivity (Wildman–Crippen MR) is 96.2 cm³/mol. The highest BCUT2D eigenvalue weighted by atomic mass is 35.5. The number of ether oxygens (including phenoxy) is 1. The molecular weight excluding hydrogens is 356 g/mol. The molecule has 2 heterocycles. The third-order valence-electron chi connectivity index (χ3n) is 4.95. The molecular formula is C17H21ClN6O2. The summed E-state index contributed by atoms with van der Waals surface area (Å²) < 4.78 is 5.95. The number of anilines is 1. The van der Waals surface area contributed by atoms with E-state index < -0.39 is 0 Å². The SMILES string of the molecule is O=C(Nc1ccc(OC2CCCC2)c(Cl)c1)N1CCCC1c1nn[nH]n1. The highest BCUT2D eigenvalue weighted by Crippen LogP contribution is 2.33. The van der Waals surface area contributed by atoms with Crippen LogP contribution in [0.15, 0.2) is 18.2 Å². The Morgan fingerprint density at radius 3 is 2.85 bits per heavy atom. The molecule has 1 unspecified atom stereocenters. The van der Waals surface area contributed by atoms with Crippen LogP contribution in [0.25, 0.3) is 0 Å². The molecule has 9 heteroatoms. The van der Waals surface area contributed by atoms with Gasteiger partial charge in [-0.05, 0) is 56.7 Å². The van der Waals surface area contributed by atoms with Crippen molar-refractivity contribution >= 4 is 23.3 Å². The number of nitrogens with one attached hydrogen (secondary N) is 2. The van der Waals surface area contributed by atoms with Crippen LogP contribution in [0.1, 0.15) is 50.4 Å². The topological polar surface area (TPSA) is 96.0 Å². The Hall–Kier alpha value is -2.35. The molecule has 1 aliphatic heterocycles. The summed E-state index contributed by atoms with van der Waals surface area (Å²) >= 11 is 6.34. The molecule has 0 radical (unpaired) electrons. The first-order chi connectivity index (χ1) is 12.7. The fourth-order valence-electron chi connectivity index (χ4n) is 3.64. The molecule has 1 atom stereocenters. The van der Waals surface area contributed by atoms with E-state index in [4.69, 9.17) is 16.3 Å². The molecule has 0 bridgehead atoms. The van der Waals surface area contributed by atoms with Gasteiger partial charge in [-0.2, -0.15) is 5.21 Å². The van der Waals surface area contributed by atoms with Crippen LogP contribution < -0.4 is 10.1 Å². The van der Waals surface area contributed by atoms with Crippen LogP contribution in [-0.2, 0) is 0 Å². The van der Waals surface area contributed by atoms with Crippen molar-refractivity contribution in [3.63, 3.8) is 0 Å². The second-order valence-electron chi connectivity index (χ2n) is 6.72. The lowest BCUT2D eigenvalue weighted by atomic mass is 10.2. The minimum absolute atomic E-state index is 0.158. The third-order valence-corrected chi connectivity index (χ3v) is 5.25. The van der Waals surface area contributed by atoms with Gasteiger partial charge in [0.1, 0.15) is 5.75 Å². The Morgan fingerprint density at radius 1 is 1.27 bits per heavy atom. The lowest BCUT2D eigenvalue weighted by Crippen LogP contribution is -2.34. The summed E-state index contributed by atoms with van der Waals surface area (Å²) in [6.07, 6.45) is 6.52. The number of tetrazole rings is 1. The van der Waals surface area contributed by atoms with Gasteiger partial charge in [0.05, 0.1) is 17.2 Å². The molecule has 0 spiro atoms. The summed E-state index contributed by atoms with van der Waals surface area (Å²) in [6, 6.07) is 5.00. The minimum atomic E-state index is -0.196. The van der Waals surface area contributed by atoms with E-state index in [1.54, 1.807) is 11.0 Å². The Balaban J connectivity index is 1.41. The number of carbonyl (C=O) groups is 1. The van der Waals surface area contributed by atoms with Crippen molar-refractivity contribution in [2.24, 2.45) is 0 Å². The molecule has 1 aromatic heterocycles. The number of aromatic amines is 1. The maximum absolute atomic E-state index is 12.6. The average molecular weight is 377 g/mol. The molecule has 2 N–H and O–H groups in total. The molecule has 2 aromatic rings. The first-order valence-corrected chi connectivity index (χ1v) is 9.35. The number of hydrogen-bond acceptors (Lipinski definition) is 5. The molecule has 2 amide bonds. The van der Waals surface area contributed by atoms with E-state index in [0.29, 0.717) is 28.8 Å². The number of nitrogens with zero attached hydrogens (tertiary/aromatic N) is 4. The molecule has 8 nitrogen and oxygen atoms in total. The summed E-state index contributed by atoms with van der Waals surface area (Å²) in [4.78, 5) is 14.4. The standard InChI is InChI=1S/C17H21ClN6O2/c18-13-10-11(7-8-15(13)26-12-4-1-2-5-12)19-17(25)24-9-3-6-14(24)16-20-22-23-21-16/h7-8,10,12,14H,1-6,9H2,(H,19,25)(H,20,21,22,23). The zero-order chi connectivity index (χ0) is 17.9. The lowest BCUT2D eigenvalue weighted by molar-refractivity contribution is 0.205. The average Bonchev–Trinajstić information content (AvgIpc) is 3.39. The summed E-state index contributed by atoms with van der Waals surface area (Å²) in [7, 11) is 0. The first-order valence-electron chi connectivity index (χ1n) is 8.98. The van der Waals surface area contributed by atoms with Gasteiger partial charge in [-0.3, -0.25) is 0 Å². The number of urea groups is 1. The van der Waals surface area contributed by atoms with E-state index in [9.17, 15) is 4.79 Å². The molecule has 1 saturated carbocycles. The maximum Gasteiger partial charge on any atom is 0.322 e. The second kappa shape index (κ2) is 7.49. The number of aromatic nitrogens is 4. The Kier molecular flexibility index (Phi) is 4.92. The molecule has 4 rings (SSSR count). The highest BCUT2D eigenvalue weighted by Gasteiger charge is 2.33. The Labute approximate surface area is 156 Å². The van der Waals surface area contributed by atoms with Gasteiger partial charge in [-0.1, -0.05) is 16.8 Å². The number of hydrogen-bond donors (Lipinski definition) is 2. The van der Waals surface area contributed by atoms with Crippen molar-refractivity contribution in [3.05, 3.63) is 29.0 Å². The van der Waals surface area contributed by atoms with Crippen LogP contribution in [0.4, 0.5) is 10.5 Å². The van der Waals surface area contributed by atoms with Crippen LogP contribution in [0, 0.1) is 0 Å². The van der Waals surface area contributed by atoms with E-state index in [2.05, 4.69) is 25.9 Å². The van der Waals surface area contributed by atoms with Gasteiger partial charge in [-0.25, -0.2) is 4.79 Å². The molecule has 26 heavy (non-hydrogen) atoms. The molecule has 138 valence electrons. The summed E-state index contributed by atoms with van der Waals surface area (Å²) in [5, 5.41) is 17.4. The van der Waals surface area contributed by atoms with Crippen LogP contribution in [-0.4, -0.2) is 44.2 Å². The van der Waals surface area contributed by atoms with E-state index in [0.717, 1.165) is 25.7 Å². The first kappa shape index (κ1) is 17.1. The van der Waals surface area contributed by atoms with Gasteiger partial charge in [-0.15, -0.1) is 10.2 Å². The summed E-state index contributed by atoms with van der Waals surface area (Å²) in [5.74, 6) is 1.21. The Morgan fingerprint density at radius 2 is 2.12 bits per heavy atom. The smallest absolute Gasteiger partial charge is 0.322 e. The number of rotatable bonds is 4. The maximum atomic E-state index is 12.6. The normalized spacial score (nSPS) is 20.5. The number of carbonyl (C=O) groups excluding carboxylic acids is 1. The van der Waals surface area contributed by atoms with Crippen molar-refractivity contribution in [3.8, 4) is 5.75 Å². The lowest BCUT2D eigenvalue weighted by Gasteiger charge is -2.23. The number of halogens is 1. The molecule has 2 fully saturated rings. The summed E-state index contributed by atoms with van der Waals surface area (Å²) in [5.41, 5.74) is 0.637.